The van der Waals surface area contributed by atoms with Gasteiger partial charge in [0.05, 0.1) is 0 Å². The van der Waals surface area contributed by atoms with Gasteiger partial charge in [0.1, 0.15) is 0 Å². The summed E-state index contributed by atoms with van der Waals surface area (Å²) < 4.78 is 0. The number of rotatable bonds is 5. The normalized spacial score (nSPS) is 31.8. The highest BCUT2D eigenvalue weighted by molar-refractivity contribution is 4.91. The van der Waals surface area contributed by atoms with Gasteiger partial charge in [-0.3, -0.25) is 4.90 Å². The molecule has 0 bridgehead atoms. The van der Waals surface area contributed by atoms with Crippen LogP contribution in [0.3, 0.4) is 0 Å². The molecule has 0 radical (unpaired) electrons. The minimum absolute atomic E-state index is 0.776. The lowest BCUT2D eigenvalue weighted by molar-refractivity contribution is 0.193. The van der Waals surface area contributed by atoms with Crippen molar-refractivity contribution in [3.8, 4) is 0 Å². The first-order valence-corrected chi connectivity index (χ1v) is 7.64. The maximum Gasteiger partial charge on any atom is 0.0223 e. The summed E-state index contributed by atoms with van der Waals surface area (Å²) in [6.07, 6.45) is 7.01. The number of nitrogens with one attached hydrogen (secondary N) is 1. The SMILES string of the molecule is CC(C)CCCN1CC(C2CC2)NCCC1C. The Hall–Kier alpha value is -0.0800. The van der Waals surface area contributed by atoms with Gasteiger partial charge in [0.15, 0.2) is 0 Å². The first-order chi connectivity index (χ1) is 8.16. The van der Waals surface area contributed by atoms with Crippen LogP contribution in [-0.4, -0.2) is 36.6 Å². The second kappa shape index (κ2) is 6.19. The molecule has 1 saturated heterocycles. The van der Waals surface area contributed by atoms with E-state index in [1.165, 1.54) is 51.7 Å². The lowest BCUT2D eigenvalue weighted by Gasteiger charge is -2.29. The van der Waals surface area contributed by atoms with Crippen LogP contribution >= 0.6 is 0 Å². The molecule has 17 heavy (non-hydrogen) atoms. The Labute approximate surface area is 107 Å². The van der Waals surface area contributed by atoms with Crippen molar-refractivity contribution in [2.24, 2.45) is 11.8 Å². The molecule has 0 aromatic heterocycles. The molecule has 2 rings (SSSR count). The third-order valence-electron chi connectivity index (χ3n) is 4.44. The van der Waals surface area contributed by atoms with Crippen LogP contribution in [-0.2, 0) is 0 Å². The molecule has 2 unspecified atom stereocenters. The highest BCUT2D eigenvalue weighted by Gasteiger charge is 2.34. The van der Waals surface area contributed by atoms with Crippen molar-refractivity contribution in [1.82, 2.24) is 10.2 Å². The van der Waals surface area contributed by atoms with E-state index < -0.39 is 0 Å². The average molecular weight is 238 g/mol. The van der Waals surface area contributed by atoms with E-state index >= 15 is 0 Å². The van der Waals surface area contributed by atoms with Gasteiger partial charge in [-0.15, -0.1) is 0 Å². The fraction of sp³-hybridized carbons (Fsp3) is 1.00. The van der Waals surface area contributed by atoms with Crippen LogP contribution in [0, 0.1) is 11.8 Å². The maximum absolute atomic E-state index is 3.76. The van der Waals surface area contributed by atoms with Crippen LogP contribution in [0.5, 0.6) is 0 Å². The summed E-state index contributed by atoms with van der Waals surface area (Å²) in [5, 5.41) is 3.76. The standard InChI is InChI=1S/C15H30N2/c1-12(2)5-4-10-17-11-15(14-6-7-14)16-9-8-13(17)3/h12-16H,4-11H2,1-3H3. The summed E-state index contributed by atoms with van der Waals surface area (Å²) in [5.74, 6) is 1.85. The van der Waals surface area contributed by atoms with Gasteiger partial charge in [-0.05, 0) is 64.0 Å². The van der Waals surface area contributed by atoms with E-state index in [4.69, 9.17) is 0 Å². The molecule has 2 atom stereocenters. The Morgan fingerprint density at radius 3 is 2.65 bits per heavy atom. The van der Waals surface area contributed by atoms with Gasteiger partial charge >= 0.3 is 0 Å². The van der Waals surface area contributed by atoms with E-state index in [0.717, 1.165) is 23.9 Å². The van der Waals surface area contributed by atoms with Crippen LogP contribution in [0.15, 0.2) is 0 Å². The molecule has 2 aliphatic rings. The summed E-state index contributed by atoms with van der Waals surface area (Å²) >= 11 is 0. The third-order valence-corrected chi connectivity index (χ3v) is 4.44. The zero-order valence-corrected chi connectivity index (χ0v) is 11.9. The van der Waals surface area contributed by atoms with Gasteiger partial charge in [0.25, 0.3) is 0 Å². The molecule has 2 nitrogen and oxygen atoms in total. The zero-order chi connectivity index (χ0) is 12.3. The quantitative estimate of drug-likeness (QED) is 0.792. The van der Waals surface area contributed by atoms with E-state index in [1.54, 1.807) is 0 Å². The van der Waals surface area contributed by atoms with E-state index in [2.05, 4.69) is 31.0 Å². The first kappa shape index (κ1) is 13.4. The summed E-state index contributed by atoms with van der Waals surface area (Å²) in [7, 11) is 0. The molecule has 1 aliphatic heterocycles. The summed E-state index contributed by atoms with van der Waals surface area (Å²) in [4.78, 5) is 2.74. The van der Waals surface area contributed by atoms with Crippen LogP contribution in [0.4, 0.5) is 0 Å². The average Bonchev–Trinajstić information content (AvgIpc) is 3.07. The van der Waals surface area contributed by atoms with Crippen LogP contribution in [0.1, 0.15) is 52.9 Å². The molecule has 0 aromatic rings. The fourth-order valence-electron chi connectivity index (χ4n) is 2.99. The van der Waals surface area contributed by atoms with Crippen molar-refractivity contribution in [2.45, 2.75) is 65.0 Å². The molecule has 0 aromatic carbocycles. The number of nitrogens with zero attached hydrogens (tertiary/aromatic N) is 1. The van der Waals surface area contributed by atoms with E-state index in [1.807, 2.05) is 0 Å². The summed E-state index contributed by atoms with van der Waals surface area (Å²) in [6, 6.07) is 1.57. The smallest absolute Gasteiger partial charge is 0.0223 e. The lowest BCUT2D eigenvalue weighted by Crippen LogP contribution is -2.41. The van der Waals surface area contributed by atoms with E-state index in [-0.39, 0.29) is 0 Å². The zero-order valence-electron chi connectivity index (χ0n) is 11.9. The molecule has 1 saturated carbocycles. The Kier molecular flexibility index (Phi) is 4.87. The second-order valence-electron chi connectivity index (χ2n) is 6.57. The van der Waals surface area contributed by atoms with Crippen LogP contribution in [0.25, 0.3) is 0 Å². The van der Waals surface area contributed by atoms with Crippen molar-refractivity contribution in [3.05, 3.63) is 0 Å². The van der Waals surface area contributed by atoms with Crippen molar-refractivity contribution >= 4 is 0 Å². The van der Waals surface area contributed by atoms with E-state index in [0.29, 0.717) is 0 Å². The largest absolute Gasteiger partial charge is 0.312 e. The molecule has 1 N–H and O–H groups in total. The molecular weight excluding hydrogens is 208 g/mol. The minimum atomic E-state index is 0.776. The molecule has 0 spiro atoms. The Morgan fingerprint density at radius 1 is 1.24 bits per heavy atom. The summed E-state index contributed by atoms with van der Waals surface area (Å²) in [6.45, 7) is 10.9. The monoisotopic (exact) mass is 238 g/mol. The molecule has 2 heteroatoms. The molecule has 0 amide bonds. The highest BCUT2D eigenvalue weighted by atomic mass is 15.2. The van der Waals surface area contributed by atoms with Crippen LogP contribution in [0.2, 0.25) is 0 Å². The third kappa shape index (κ3) is 4.26. The highest BCUT2D eigenvalue weighted by Crippen LogP contribution is 2.34. The predicted octanol–water partition coefficient (Wildman–Crippen LogP) is 2.89. The van der Waals surface area contributed by atoms with E-state index in [9.17, 15) is 0 Å². The molecule has 100 valence electrons. The van der Waals surface area contributed by atoms with Crippen molar-refractivity contribution < 1.29 is 0 Å². The minimum Gasteiger partial charge on any atom is -0.312 e. The second-order valence-corrected chi connectivity index (χ2v) is 6.57. The topological polar surface area (TPSA) is 15.3 Å². The van der Waals surface area contributed by atoms with Crippen molar-refractivity contribution in [2.75, 3.05) is 19.6 Å². The predicted molar refractivity (Wildman–Crippen MR) is 74.2 cm³/mol. The number of hydrogen-bond donors (Lipinski definition) is 1. The van der Waals surface area contributed by atoms with Crippen LogP contribution < -0.4 is 5.32 Å². The number of hydrogen-bond acceptors (Lipinski definition) is 2. The Morgan fingerprint density at radius 2 is 2.00 bits per heavy atom. The van der Waals surface area contributed by atoms with Crippen molar-refractivity contribution in [3.63, 3.8) is 0 Å². The molecule has 1 heterocycles. The first-order valence-electron chi connectivity index (χ1n) is 7.64. The fourth-order valence-corrected chi connectivity index (χ4v) is 2.99. The Balaban J connectivity index is 1.78. The van der Waals surface area contributed by atoms with Gasteiger partial charge in [-0.25, -0.2) is 0 Å². The Bertz CT molecular complexity index is 223. The van der Waals surface area contributed by atoms with Gasteiger partial charge in [0.2, 0.25) is 0 Å². The molecule has 1 aliphatic carbocycles. The van der Waals surface area contributed by atoms with Gasteiger partial charge in [-0.1, -0.05) is 13.8 Å². The van der Waals surface area contributed by atoms with Gasteiger partial charge in [-0.2, -0.15) is 0 Å². The molecular formula is C15H30N2. The maximum atomic E-state index is 3.76. The summed E-state index contributed by atoms with van der Waals surface area (Å²) in [5.41, 5.74) is 0. The lowest BCUT2D eigenvalue weighted by atomic mass is 10.1. The molecule has 2 fully saturated rings. The van der Waals surface area contributed by atoms with Gasteiger partial charge in [0, 0.05) is 18.6 Å². The van der Waals surface area contributed by atoms with Crippen molar-refractivity contribution in [1.29, 1.82) is 0 Å². The van der Waals surface area contributed by atoms with Gasteiger partial charge < -0.3 is 5.32 Å².